The van der Waals surface area contributed by atoms with Gasteiger partial charge in [0.25, 0.3) is 6.43 Å². The average Bonchev–Trinajstić information content (AvgIpc) is 2.33. The smallest absolute Gasteiger partial charge is 0.258 e. The summed E-state index contributed by atoms with van der Waals surface area (Å²) in [4.78, 5) is 0.349. The second kappa shape index (κ2) is 4.97. The fourth-order valence-corrected chi connectivity index (χ4v) is 1.85. The van der Waals surface area contributed by atoms with Crippen LogP contribution in [-0.2, 0) is 0 Å². The van der Waals surface area contributed by atoms with Gasteiger partial charge in [-0.05, 0) is 11.4 Å². The maximum Gasteiger partial charge on any atom is 0.258 e. The molecule has 0 fully saturated rings. The lowest BCUT2D eigenvalue weighted by molar-refractivity contribution is 0.118. The SMILES string of the molecule is Cl.N[C@@H](c1sccc1Cl)C(F)F. The lowest BCUT2D eigenvalue weighted by atomic mass is 10.3. The number of alkyl halides is 2. The van der Waals surface area contributed by atoms with E-state index < -0.39 is 12.5 Å². The van der Waals surface area contributed by atoms with Gasteiger partial charge in [0, 0.05) is 4.88 Å². The third-order valence-corrected chi connectivity index (χ3v) is 2.68. The molecule has 0 amide bonds. The van der Waals surface area contributed by atoms with Gasteiger partial charge in [-0.25, -0.2) is 8.78 Å². The van der Waals surface area contributed by atoms with Gasteiger partial charge in [-0.15, -0.1) is 23.7 Å². The summed E-state index contributed by atoms with van der Waals surface area (Å²) in [5.74, 6) is 0. The molecule has 1 aromatic rings. The van der Waals surface area contributed by atoms with Gasteiger partial charge >= 0.3 is 0 Å². The topological polar surface area (TPSA) is 26.0 Å². The minimum Gasteiger partial charge on any atom is -0.319 e. The van der Waals surface area contributed by atoms with Crippen molar-refractivity contribution in [2.75, 3.05) is 0 Å². The van der Waals surface area contributed by atoms with Crippen LogP contribution < -0.4 is 5.73 Å². The predicted molar refractivity (Wildman–Crippen MR) is 49.5 cm³/mol. The summed E-state index contributed by atoms with van der Waals surface area (Å²) >= 11 is 6.72. The van der Waals surface area contributed by atoms with E-state index in [0.29, 0.717) is 9.90 Å². The van der Waals surface area contributed by atoms with Crippen LogP contribution in [0, 0.1) is 0 Å². The third kappa shape index (κ3) is 2.55. The van der Waals surface area contributed by atoms with Gasteiger partial charge in [-0.2, -0.15) is 0 Å². The fourth-order valence-electron chi connectivity index (χ4n) is 0.658. The Kier molecular flexibility index (Phi) is 5.01. The molecule has 6 heteroatoms. The summed E-state index contributed by atoms with van der Waals surface area (Å²) in [6.07, 6.45) is -2.55. The Hall–Kier alpha value is 0.1000. The highest BCUT2D eigenvalue weighted by molar-refractivity contribution is 7.10. The van der Waals surface area contributed by atoms with Crippen molar-refractivity contribution in [3.05, 3.63) is 21.3 Å². The summed E-state index contributed by atoms with van der Waals surface area (Å²) in [7, 11) is 0. The molecule has 0 aromatic carbocycles. The molecule has 1 nitrogen and oxygen atoms in total. The van der Waals surface area contributed by atoms with Crippen LogP contribution in [0.5, 0.6) is 0 Å². The van der Waals surface area contributed by atoms with Crippen LogP contribution in [0.25, 0.3) is 0 Å². The summed E-state index contributed by atoms with van der Waals surface area (Å²) in [5, 5.41) is 1.96. The number of thiophene rings is 1. The first-order valence-corrected chi connectivity index (χ1v) is 4.15. The Balaban J connectivity index is 0.00000121. The van der Waals surface area contributed by atoms with E-state index in [2.05, 4.69) is 0 Å². The van der Waals surface area contributed by atoms with Crippen LogP contribution in [0.4, 0.5) is 8.78 Å². The number of hydrogen-bond donors (Lipinski definition) is 1. The Morgan fingerprint density at radius 1 is 1.50 bits per heavy atom. The highest BCUT2D eigenvalue weighted by Gasteiger charge is 2.20. The number of nitrogens with two attached hydrogens (primary N) is 1. The standard InChI is InChI=1S/C6H6ClF2NS.ClH/c7-3-1-2-11-5(3)4(10)6(8)9;/h1-2,4,6H,10H2;1H/t4-;/m0./s1. The van der Waals surface area contributed by atoms with Gasteiger partial charge in [0.1, 0.15) is 6.04 Å². The van der Waals surface area contributed by atoms with Gasteiger partial charge in [-0.1, -0.05) is 11.6 Å². The summed E-state index contributed by atoms with van der Waals surface area (Å²) in [5.41, 5.74) is 5.16. The zero-order valence-corrected chi connectivity index (χ0v) is 8.23. The fraction of sp³-hybridized carbons (Fsp3) is 0.333. The van der Waals surface area contributed by atoms with E-state index >= 15 is 0 Å². The van der Waals surface area contributed by atoms with Gasteiger partial charge in [0.05, 0.1) is 5.02 Å². The molecule has 1 aromatic heterocycles. The minimum atomic E-state index is -2.55. The molecule has 0 saturated carbocycles. The molecule has 0 bridgehead atoms. The number of rotatable bonds is 2. The van der Waals surface area contributed by atoms with E-state index in [4.69, 9.17) is 17.3 Å². The number of hydrogen-bond acceptors (Lipinski definition) is 2. The predicted octanol–water partition coefficient (Wildman–Crippen LogP) is 3.09. The van der Waals surface area contributed by atoms with Crippen molar-refractivity contribution in [2.24, 2.45) is 5.73 Å². The monoisotopic (exact) mass is 233 g/mol. The molecule has 0 unspecified atom stereocenters. The van der Waals surface area contributed by atoms with Crippen LogP contribution in [0.2, 0.25) is 5.02 Å². The largest absolute Gasteiger partial charge is 0.319 e. The van der Waals surface area contributed by atoms with Gasteiger partial charge in [0.2, 0.25) is 0 Å². The molecule has 0 radical (unpaired) electrons. The van der Waals surface area contributed by atoms with Crippen molar-refractivity contribution < 1.29 is 8.78 Å². The molecule has 0 aliphatic carbocycles. The van der Waals surface area contributed by atoms with Crippen molar-refractivity contribution in [2.45, 2.75) is 12.5 Å². The summed E-state index contributed by atoms with van der Waals surface area (Å²) in [6.45, 7) is 0. The second-order valence-corrected chi connectivity index (χ2v) is 3.35. The molecule has 0 aliphatic rings. The molecule has 12 heavy (non-hydrogen) atoms. The molecule has 0 aliphatic heterocycles. The summed E-state index contributed by atoms with van der Waals surface area (Å²) in [6, 6.07) is 0.312. The Bertz CT molecular complexity index is 241. The second-order valence-electron chi connectivity index (χ2n) is 1.99. The molecular weight excluding hydrogens is 227 g/mol. The van der Waals surface area contributed by atoms with Crippen molar-refractivity contribution in [3.63, 3.8) is 0 Å². The van der Waals surface area contributed by atoms with Crippen LogP contribution in [-0.4, -0.2) is 6.43 Å². The van der Waals surface area contributed by atoms with Crippen LogP contribution in [0.1, 0.15) is 10.9 Å². The van der Waals surface area contributed by atoms with Gasteiger partial charge in [0.15, 0.2) is 0 Å². The Morgan fingerprint density at radius 3 is 2.42 bits per heavy atom. The van der Waals surface area contributed by atoms with Crippen molar-refractivity contribution >= 4 is 35.3 Å². The highest BCUT2D eigenvalue weighted by Crippen LogP contribution is 2.30. The Morgan fingerprint density at radius 2 is 2.08 bits per heavy atom. The van der Waals surface area contributed by atoms with Crippen molar-refractivity contribution in [3.8, 4) is 0 Å². The first-order valence-electron chi connectivity index (χ1n) is 2.89. The molecule has 1 atom stereocenters. The lowest BCUT2D eigenvalue weighted by Crippen LogP contribution is -2.17. The average molecular weight is 234 g/mol. The van der Waals surface area contributed by atoms with Crippen molar-refractivity contribution in [1.29, 1.82) is 0 Å². The van der Waals surface area contributed by atoms with E-state index in [1.165, 1.54) is 0 Å². The quantitative estimate of drug-likeness (QED) is 0.835. The first kappa shape index (κ1) is 12.1. The van der Waals surface area contributed by atoms with E-state index in [1.807, 2.05) is 0 Å². The van der Waals surface area contributed by atoms with E-state index in [-0.39, 0.29) is 12.4 Å². The maximum absolute atomic E-state index is 12.0. The zero-order chi connectivity index (χ0) is 8.43. The van der Waals surface area contributed by atoms with Crippen LogP contribution in [0.3, 0.4) is 0 Å². The van der Waals surface area contributed by atoms with Gasteiger partial charge in [-0.3, -0.25) is 0 Å². The third-order valence-electron chi connectivity index (χ3n) is 1.22. The highest BCUT2D eigenvalue weighted by atomic mass is 35.5. The molecule has 2 N–H and O–H groups in total. The zero-order valence-electron chi connectivity index (χ0n) is 5.84. The maximum atomic E-state index is 12.0. The molecule has 1 rings (SSSR count). The molecular formula is C6H7Cl2F2NS. The molecule has 1 heterocycles. The summed E-state index contributed by atoms with van der Waals surface area (Å²) < 4.78 is 24.0. The normalized spacial score (nSPS) is 12.8. The molecule has 0 spiro atoms. The lowest BCUT2D eigenvalue weighted by Gasteiger charge is -2.07. The van der Waals surface area contributed by atoms with Gasteiger partial charge < -0.3 is 5.73 Å². The molecule has 0 saturated heterocycles. The molecule has 70 valence electrons. The number of halogens is 4. The van der Waals surface area contributed by atoms with E-state index in [1.54, 1.807) is 11.4 Å². The van der Waals surface area contributed by atoms with Crippen LogP contribution >= 0.6 is 35.3 Å². The van der Waals surface area contributed by atoms with E-state index in [9.17, 15) is 8.78 Å². The Labute approximate surface area is 83.9 Å². The first-order chi connectivity index (χ1) is 5.13. The minimum absolute atomic E-state index is 0. The van der Waals surface area contributed by atoms with Crippen LogP contribution in [0.15, 0.2) is 11.4 Å². The van der Waals surface area contributed by atoms with Crippen molar-refractivity contribution in [1.82, 2.24) is 0 Å². The van der Waals surface area contributed by atoms with E-state index in [0.717, 1.165) is 11.3 Å².